The lowest BCUT2D eigenvalue weighted by atomic mass is 10.2. The Morgan fingerprint density at radius 3 is 2.81 bits per heavy atom. The quantitative estimate of drug-likeness (QED) is 0.657. The maximum absolute atomic E-state index is 12.8. The van der Waals surface area contributed by atoms with Crippen LogP contribution in [0.4, 0.5) is 5.69 Å². The van der Waals surface area contributed by atoms with Crippen LogP contribution in [0.3, 0.4) is 0 Å². The van der Waals surface area contributed by atoms with E-state index in [9.17, 15) is 4.79 Å². The van der Waals surface area contributed by atoms with E-state index in [4.69, 9.17) is 23.2 Å². The highest BCUT2D eigenvalue weighted by Crippen LogP contribution is 2.23. The summed E-state index contributed by atoms with van der Waals surface area (Å²) in [6.45, 7) is 2.92. The molecule has 4 nitrogen and oxygen atoms in total. The molecule has 0 atom stereocenters. The van der Waals surface area contributed by atoms with Gasteiger partial charge in [-0.2, -0.15) is 0 Å². The summed E-state index contributed by atoms with van der Waals surface area (Å²) in [4.78, 5) is 20.1. The minimum Gasteiger partial charge on any atom is -0.334 e. The zero-order valence-corrected chi connectivity index (χ0v) is 16.3. The van der Waals surface area contributed by atoms with E-state index in [0.29, 0.717) is 27.9 Å². The summed E-state index contributed by atoms with van der Waals surface area (Å²) in [6.07, 6.45) is 1.85. The van der Waals surface area contributed by atoms with Crippen LogP contribution in [0.1, 0.15) is 11.1 Å². The van der Waals surface area contributed by atoms with Gasteiger partial charge in [0.15, 0.2) is 4.80 Å². The predicted octanol–water partition coefficient (Wildman–Crippen LogP) is 3.41. The number of benzene rings is 2. The van der Waals surface area contributed by atoms with E-state index < -0.39 is 0 Å². The molecule has 0 fully saturated rings. The second kappa shape index (κ2) is 6.91. The molecule has 0 aliphatic carbocycles. The molecule has 0 N–H and O–H groups in total. The largest absolute Gasteiger partial charge is 0.334 e. The zero-order valence-electron chi connectivity index (χ0n) is 13.9. The summed E-state index contributed by atoms with van der Waals surface area (Å²) in [6, 6.07) is 13.3. The van der Waals surface area contributed by atoms with Gasteiger partial charge in [0.2, 0.25) is 0 Å². The summed E-state index contributed by atoms with van der Waals surface area (Å²) in [7, 11) is 0. The Labute approximate surface area is 164 Å². The lowest BCUT2D eigenvalue weighted by molar-refractivity contribution is 0.569. The van der Waals surface area contributed by atoms with Crippen LogP contribution in [0, 0.1) is 6.92 Å². The number of nitrogens with zero attached hydrogens (tertiary/aromatic N) is 3. The van der Waals surface area contributed by atoms with Crippen LogP contribution in [0.5, 0.6) is 0 Å². The van der Waals surface area contributed by atoms with Gasteiger partial charge in [0.1, 0.15) is 13.3 Å². The van der Waals surface area contributed by atoms with Gasteiger partial charge in [-0.15, -0.1) is 0 Å². The molecule has 2 aromatic carbocycles. The minimum absolute atomic E-state index is 0.0448. The molecule has 26 heavy (non-hydrogen) atoms. The number of aromatic nitrogens is 1. The van der Waals surface area contributed by atoms with Crippen LogP contribution < -0.4 is 19.8 Å². The van der Waals surface area contributed by atoms with Gasteiger partial charge in [0.05, 0.1) is 4.53 Å². The van der Waals surface area contributed by atoms with Crippen molar-refractivity contribution in [3.05, 3.63) is 83.3 Å². The van der Waals surface area contributed by atoms with E-state index in [1.165, 1.54) is 11.3 Å². The Bertz CT molecular complexity index is 1170. The molecule has 4 rings (SSSR count). The Kier molecular flexibility index (Phi) is 4.61. The fourth-order valence-electron chi connectivity index (χ4n) is 2.80. The number of halogens is 2. The highest BCUT2D eigenvalue weighted by molar-refractivity contribution is 7.07. The van der Waals surface area contributed by atoms with Gasteiger partial charge in [-0.05, 0) is 48.4 Å². The summed E-state index contributed by atoms with van der Waals surface area (Å²) >= 11 is 13.7. The fraction of sp³-hybridized carbons (Fsp3) is 0.158. The molecule has 0 radical (unpaired) electrons. The Morgan fingerprint density at radius 2 is 2.04 bits per heavy atom. The first-order valence-electron chi connectivity index (χ1n) is 8.04. The maximum atomic E-state index is 12.8. The first kappa shape index (κ1) is 17.3. The van der Waals surface area contributed by atoms with Crippen molar-refractivity contribution >= 4 is 46.3 Å². The minimum atomic E-state index is -0.0448. The van der Waals surface area contributed by atoms with Crippen molar-refractivity contribution in [2.75, 3.05) is 11.6 Å². The smallest absolute Gasteiger partial charge is 0.271 e. The maximum Gasteiger partial charge on any atom is 0.271 e. The van der Waals surface area contributed by atoms with E-state index in [2.05, 4.69) is 4.99 Å². The summed E-state index contributed by atoms with van der Waals surface area (Å²) in [5.74, 6) is 0. The van der Waals surface area contributed by atoms with Crippen molar-refractivity contribution in [2.24, 2.45) is 4.99 Å². The molecule has 3 aromatic rings. The predicted molar refractivity (Wildman–Crippen MR) is 108 cm³/mol. The molecular weight excluding hydrogens is 389 g/mol. The van der Waals surface area contributed by atoms with Gasteiger partial charge >= 0.3 is 0 Å². The molecule has 1 aliphatic heterocycles. The number of fused-ring (bicyclic) bond motifs is 1. The van der Waals surface area contributed by atoms with E-state index in [1.54, 1.807) is 4.57 Å². The number of rotatable bonds is 2. The van der Waals surface area contributed by atoms with Crippen LogP contribution in [0.15, 0.2) is 52.3 Å². The van der Waals surface area contributed by atoms with Crippen molar-refractivity contribution in [3.63, 3.8) is 0 Å². The molecule has 0 saturated carbocycles. The highest BCUT2D eigenvalue weighted by atomic mass is 35.5. The zero-order chi connectivity index (χ0) is 18.3. The second-order valence-corrected chi connectivity index (χ2v) is 7.95. The number of anilines is 1. The number of aryl methyl sites for hydroxylation is 1. The van der Waals surface area contributed by atoms with Gasteiger partial charge in [-0.25, -0.2) is 4.99 Å². The molecular formula is C19H15Cl2N3OS. The third kappa shape index (κ3) is 3.30. The van der Waals surface area contributed by atoms with Gasteiger partial charge in [-0.3, -0.25) is 9.36 Å². The third-order valence-corrected chi connectivity index (χ3v) is 5.93. The Balaban J connectivity index is 1.72. The molecule has 0 amide bonds. The molecule has 1 aliphatic rings. The van der Waals surface area contributed by atoms with Gasteiger partial charge in [0.25, 0.3) is 5.56 Å². The van der Waals surface area contributed by atoms with Crippen LogP contribution in [0.2, 0.25) is 10.0 Å². The third-order valence-electron chi connectivity index (χ3n) is 4.24. The topological polar surface area (TPSA) is 37.6 Å². The van der Waals surface area contributed by atoms with Gasteiger partial charge in [0, 0.05) is 15.7 Å². The van der Waals surface area contributed by atoms with Crippen molar-refractivity contribution in [2.45, 2.75) is 13.6 Å². The van der Waals surface area contributed by atoms with Crippen LogP contribution in [0.25, 0.3) is 6.08 Å². The van der Waals surface area contributed by atoms with Gasteiger partial charge < -0.3 is 4.90 Å². The average molecular weight is 404 g/mol. The average Bonchev–Trinajstić information content (AvgIpc) is 2.93. The summed E-state index contributed by atoms with van der Waals surface area (Å²) in [5.41, 5.74) is 2.83. The molecule has 0 unspecified atom stereocenters. The normalized spacial score (nSPS) is 14.3. The second-order valence-electron chi connectivity index (χ2n) is 6.10. The van der Waals surface area contributed by atoms with Crippen LogP contribution in [-0.4, -0.2) is 11.2 Å². The number of hydrogen-bond acceptors (Lipinski definition) is 4. The van der Waals surface area contributed by atoms with Crippen molar-refractivity contribution in [1.29, 1.82) is 0 Å². The van der Waals surface area contributed by atoms with Gasteiger partial charge in [-0.1, -0.05) is 52.7 Å². The lowest BCUT2D eigenvalue weighted by Gasteiger charge is -2.26. The summed E-state index contributed by atoms with van der Waals surface area (Å²) in [5, 5.41) is 1.35. The molecule has 0 bridgehead atoms. The van der Waals surface area contributed by atoms with Crippen molar-refractivity contribution < 1.29 is 0 Å². The first-order valence-corrected chi connectivity index (χ1v) is 9.61. The Hall–Kier alpha value is -2.08. The van der Waals surface area contributed by atoms with Crippen molar-refractivity contribution in [3.8, 4) is 0 Å². The molecule has 0 saturated heterocycles. The molecule has 1 aromatic heterocycles. The number of thiazole rings is 1. The van der Waals surface area contributed by atoms with Crippen LogP contribution in [-0.2, 0) is 6.67 Å². The van der Waals surface area contributed by atoms with Crippen LogP contribution >= 0.6 is 34.5 Å². The number of hydrogen-bond donors (Lipinski definition) is 0. The fourth-order valence-corrected chi connectivity index (χ4v) is 4.14. The van der Waals surface area contributed by atoms with E-state index in [1.807, 2.05) is 60.4 Å². The van der Waals surface area contributed by atoms with E-state index in [0.717, 1.165) is 21.6 Å². The molecule has 132 valence electrons. The standard InChI is InChI=1S/C19H15Cl2N3OS/c1-12-5-6-15(9-16(12)21)23-10-22-19-24(11-23)18(25)17(26-19)8-13-3-2-4-14(20)7-13/h2-9H,10-11H2,1H3/b17-8-. The van der Waals surface area contributed by atoms with E-state index in [-0.39, 0.29) is 5.56 Å². The van der Waals surface area contributed by atoms with E-state index >= 15 is 0 Å². The lowest BCUT2D eigenvalue weighted by Crippen LogP contribution is -2.42. The highest BCUT2D eigenvalue weighted by Gasteiger charge is 2.16. The summed E-state index contributed by atoms with van der Waals surface area (Å²) < 4.78 is 2.34. The van der Waals surface area contributed by atoms with Crippen molar-refractivity contribution in [1.82, 2.24) is 4.57 Å². The SMILES string of the molecule is Cc1ccc(N2CN=c3s/c(=C\c4cccc(Cl)c4)c(=O)n3C2)cc1Cl. The molecule has 7 heteroatoms. The first-order chi connectivity index (χ1) is 12.5. The Morgan fingerprint density at radius 1 is 1.19 bits per heavy atom. The molecule has 2 heterocycles. The molecule has 0 spiro atoms. The monoisotopic (exact) mass is 403 g/mol.